The molecule has 1 N–H and O–H groups in total. The molecule has 0 bridgehead atoms. The van der Waals surface area contributed by atoms with Gasteiger partial charge in [0.15, 0.2) is 5.82 Å². The van der Waals surface area contributed by atoms with E-state index in [1.165, 1.54) is 6.07 Å². The molecule has 118 valence electrons. The van der Waals surface area contributed by atoms with Crippen LogP contribution in [0, 0.1) is 21.4 Å². The number of nitrogens with one attached hydrogen (secondary N) is 1. The van der Waals surface area contributed by atoms with Crippen molar-refractivity contribution in [3.05, 3.63) is 45.5 Å². The number of fused-ring (bicyclic) bond motifs is 1. The van der Waals surface area contributed by atoms with Gasteiger partial charge < -0.3 is 9.88 Å². The number of aromatic nitrogens is 3. The van der Waals surface area contributed by atoms with Crippen LogP contribution in [0.15, 0.2) is 18.2 Å². The van der Waals surface area contributed by atoms with Gasteiger partial charge in [-0.25, -0.2) is 0 Å². The van der Waals surface area contributed by atoms with Crippen LogP contribution in [0.25, 0.3) is 0 Å². The van der Waals surface area contributed by atoms with E-state index in [-0.39, 0.29) is 17.3 Å². The number of benzene rings is 1. The van der Waals surface area contributed by atoms with E-state index in [2.05, 4.69) is 20.1 Å². The normalized spacial score (nSPS) is 14.6. The van der Waals surface area contributed by atoms with Crippen LogP contribution in [-0.2, 0) is 13.0 Å². The minimum atomic E-state index is -0.491. The second-order valence-electron chi connectivity index (χ2n) is 5.55. The highest BCUT2D eigenvalue weighted by Gasteiger charge is 2.22. The van der Waals surface area contributed by atoms with Crippen LogP contribution in [0.1, 0.15) is 43.0 Å². The lowest BCUT2D eigenvalue weighted by Gasteiger charge is -2.19. The standard InChI is InChI=1S/C15H16N6O2/c1-10(15-19-18-14-4-2-3-7-20(14)15)17-12-6-5-11(9-16)8-13(12)21(22)23/h5-6,8,10,17H,2-4,7H2,1H3. The van der Waals surface area contributed by atoms with Crippen molar-refractivity contribution in [2.75, 3.05) is 5.32 Å². The van der Waals surface area contributed by atoms with Gasteiger partial charge in [0.25, 0.3) is 5.69 Å². The maximum absolute atomic E-state index is 11.2. The van der Waals surface area contributed by atoms with Crippen LogP contribution >= 0.6 is 0 Å². The first-order valence-corrected chi connectivity index (χ1v) is 7.47. The summed E-state index contributed by atoms with van der Waals surface area (Å²) in [5.74, 6) is 1.74. The highest BCUT2D eigenvalue weighted by atomic mass is 16.6. The molecule has 0 spiro atoms. The molecule has 3 rings (SSSR count). The second-order valence-corrected chi connectivity index (χ2v) is 5.55. The Labute approximate surface area is 132 Å². The molecule has 0 fully saturated rings. The van der Waals surface area contributed by atoms with Gasteiger partial charge in [-0.1, -0.05) is 0 Å². The number of rotatable bonds is 4. The van der Waals surface area contributed by atoms with Gasteiger partial charge in [0.2, 0.25) is 0 Å². The van der Waals surface area contributed by atoms with E-state index in [4.69, 9.17) is 5.26 Å². The van der Waals surface area contributed by atoms with Gasteiger partial charge in [0.05, 0.1) is 22.6 Å². The molecule has 0 amide bonds. The maximum Gasteiger partial charge on any atom is 0.293 e. The van der Waals surface area contributed by atoms with E-state index >= 15 is 0 Å². The molecular formula is C15H16N6O2. The predicted octanol–water partition coefficient (Wildman–Crippen LogP) is 2.57. The van der Waals surface area contributed by atoms with E-state index in [9.17, 15) is 10.1 Å². The van der Waals surface area contributed by atoms with E-state index in [0.717, 1.165) is 37.5 Å². The number of nitro groups is 1. The van der Waals surface area contributed by atoms with Gasteiger partial charge in [-0.3, -0.25) is 10.1 Å². The summed E-state index contributed by atoms with van der Waals surface area (Å²) in [6.07, 6.45) is 3.11. The summed E-state index contributed by atoms with van der Waals surface area (Å²) in [5.41, 5.74) is 0.513. The third kappa shape index (κ3) is 2.85. The van der Waals surface area contributed by atoms with E-state index in [0.29, 0.717) is 5.69 Å². The number of hydrogen-bond donors (Lipinski definition) is 1. The Balaban J connectivity index is 1.89. The number of aryl methyl sites for hydroxylation is 1. The van der Waals surface area contributed by atoms with Gasteiger partial charge in [-0.2, -0.15) is 5.26 Å². The van der Waals surface area contributed by atoms with Crippen molar-refractivity contribution < 1.29 is 4.92 Å². The lowest BCUT2D eigenvalue weighted by Crippen LogP contribution is -2.18. The monoisotopic (exact) mass is 312 g/mol. The predicted molar refractivity (Wildman–Crippen MR) is 82.8 cm³/mol. The van der Waals surface area contributed by atoms with Crippen LogP contribution in [-0.4, -0.2) is 19.7 Å². The number of nitrogens with zero attached hydrogens (tertiary/aromatic N) is 5. The number of nitriles is 1. The molecule has 8 heteroatoms. The fourth-order valence-corrected chi connectivity index (χ4v) is 2.82. The summed E-state index contributed by atoms with van der Waals surface area (Å²) >= 11 is 0. The maximum atomic E-state index is 11.2. The van der Waals surface area contributed by atoms with Crippen molar-refractivity contribution in [2.24, 2.45) is 0 Å². The lowest BCUT2D eigenvalue weighted by molar-refractivity contribution is -0.384. The van der Waals surface area contributed by atoms with Gasteiger partial charge in [0, 0.05) is 19.0 Å². The van der Waals surface area contributed by atoms with Crippen molar-refractivity contribution in [2.45, 2.75) is 38.8 Å². The van der Waals surface area contributed by atoms with Crippen LogP contribution in [0.5, 0.6) is 0 Å². The first-order valence-electron chi connectivity index (χ1n) is 7.47. The highest BCUT2D eigenvalue weighted by Crippen LogP contribution is 2.29. The second kappa shape index (κ2) is 6.04. The van der Waals surface area contributed by atoms with Crippen molar-refractivity contribution in [1.29, 1.82) is 5.26 Å². The van der Waals surface area contributed by atoms with Crippen molar-refractivity contribution in [3.63, 3.8) is 0 Å². The summed E-state index contributed by atoms with van der Waals surface area (Å²) in [5, 5.41) is 31.7. The topological polar surface area (TPSA) is 110 Å². The molecule has 0 radical (unpaired) electrons. The zero-order valence-corrected chi connectivity index (χ0v) is 12.7. The van der Waals surface area contributed by atoms with Crippen LogP contribution in [0.3, 0.4) is 0 Å². The Morgan fingerprint density at radius 1 is 1.43 bits per heavy atom. The van der Waals surface area contributed by atoms with Crippen LogP contribution < -0.4 is 5.32 Å². The molecule has 1 aromatic heterocycles. The molecule has 2 heterocycles. The fourth-order valence-electron chi connectivity index (χ4n) is 2.82. The Morgan fingerprint density at radius 2 is 2.26 bits per heavy atom. The average molecular weight is 312 g/mol. The highest BCUT2D eigenvalue weighted by molar-refractivity contribution is 5.64. The third-order valence-corrected chi connectivity index (χ3v) is 3.97. The largest absolute Gasteiger partial charge is 0.370 e. The number of anilines is 1. The number of nitro benzene ring substituents is 1. The van der Waals surface area contributed by atoms with Crippen LogP contribution in [0.4, 0.5) is 11.4 Å². The van der Waals surface area contributed by atoms with Gasteiger partial charge >= 0.3 is 0 Å². The first-order chi connectivity index (χ1) is 11.1. The molecule has 23 heavy (non-hydrogen) atoms. The first kappa shape index (κ1) is 15.0. The Morgan fingerprint density at radius 3 is 3.00 bits per heavy atom. The smallest absolute Gasteiger partial charge is 0.293 e. The van der Waals surface area contributed by atoms with Gasteiger partial charge in [-0.15, -0.1) is 10.2 Å². The van der Waals surface area contributed by atoms with Crippen molar-refractivity contribution >= 4 is 11.4 Å². The molecule has 0 saturated carbocycles. The quantitative estimate of drug-likeness (QED) is 0.686. The zero-order chi connectivity index (χ0) is 16.4. The Kier molecular flexibility index (Phi) is 3.93. The summed E-state index contributed by atoms with van der Waals surface area (Å²) in [6, 6.07) is 6.08. The third-order valence-electron chi connectivity index (χ3n) is 3.97. The summed E-state index contributed by atoms with van der Waals surface area (Å²) in [7, 11) is 0. The molecule has 1 aliphatic rings. The molecule has 1 aromatic carbocycles. The molecule has 0 aliphatic carbocycles. The van der Waals surface area contributed by atoms with E-state index < -0.39 is 4.92 Å². The SMILES string of the molecule is CC(Nc1ccc(C#N)cc1[N+](=O)[O-])c1nnc2n1CCCC2. The number of hydrogen-bond acceptors (Lipinski definition) is 6. The van der Waals surface area contributed by atoms with Crippen molar-refractivity contribution in [1.82, 2.24) is 14.8 Å². The molecular weight excluding hydrogens is 296 g/mol. The Bertz CT molecular complexity index is 792. The minimum absolute atomic E-state index is 0.116. The van der Waals surface area contributed by atoms with Crippen LogP contribution in [0.2, 0.25) is 0 Å². The van der Waals surface area contributed by atoms with Crippen molar-refractivity contribution in [3.8, 4) is 6.07 Å². The fraction of sp³-hybridized carbons (Fsp3) is 0.400. The molecule has 8 nitrogen and oxygen atoms in total. The molecule has 0 saturated heterocycles. The van der Waals surface area contributed by atoms with E-state index in [1.54, 1.807) is 12.1 Å². The van der Waals surface area contributed by atoms with Gasteiger partial charge in [0.1, 0.15) is 11.5 Å². The summed E-state index contributed by atoms with van der Waals surface area (Å²) in [4.78, 5) is 10.7. The molecule has 1 unspecified atom stereocenters. The summed E-state index contributed by atoms with van der Waals surface area (Å²) in [6.45, 7) is 2.77. The Hall–Kier alpha value is -2.95. The average Bonchev–Trinajstić information content (AvgIpc) is 2.99. The molecule has 2 aromatic rings. The van der Waals surface area contributed by atoms with Gasteiger partial charge in [-0.05, 0) is 31.9 Å². The van der Waals surface area contributed by atoms with E-state index in [1.807, 2.05) is 13.0 Å². The minimum Gasteiger partial charge on any atom is -0.370 e. The summed E-state index contributed by atoms with van der Waals surface area (Å²) < 4.78 is 2.08. The molecule has 1 aliphatic heterocycles. The zero-order valence-electron chi connectivity index (χ0n) is 12.7. The molecule has 1 atom stereocenters. The lowest BCUT2D eigenvalue weighted by atomic mass is 10.1.